The standard InChI is InChI=1S/C31H27N3O5S/c35-29(22-33-30(36)39-23-24-16-18-28(19-17-24)34(37)38)32-20-21-40-31(25-10-4-1-5-11-25,26-12-6-2-7-13-26)27-14-8-3-9-15-27/h1-21H,22-23H2,(H,32,35)(H,33,36). The number of alkyl carbamates (subject to hydrolysis) is 1. The number of nitrogens with one attached hydrogen (secondary N) is 2. The summed E-state index contributed by atoms with van der Waals surface area (Å²) in [6, 6.07) is 36.2. The number of carbonyl (C=O) groups excluding carboxylic acids is 2. The molecule has 202 valence electrons. The number of nitro benzene ring substituents is 1. The van der Waals surface area contributed by atoms with E-state index in [0.717, 1.165) is 16.7 Å². The number of thioether (sulfide) groups is 1. The van der Waals surface area contributed by atoms with E-state index >= 15 is 0 Å². The lowest BCUT2D eigenvalue weighted by molar-refractivity contribution is -0.384. The van der Waals surface area contributed by atoms with E-state index in [-0.39, 0.29) is 18.8 Å². The SMILES string of the molecule is O=C(CNC(=O)OCc1ccc([N+](=O)[O-])cc1)NC=CSC(c1ccccc1)(c1ccccc1)c1ccccc1. The van der Waals surface area contributed by atoms with Crippen LogP contribution in [0.25, 0.3) is 0 Å². The summed E-state index contributed by atoms with van der Waals surface area (Å²) in [6.07, 6.45) is 0.781. The van der Waals surface area contributed by atoms with E-state index in [4.69, 9.17) is 4.74 Å². The summed E-state index contributed by atoms with van der Waals surface area (Å²) in [5.41, 5.74) is 3.80. The van der Waals surface area contributed by atoms with Crippen molar-refractivity contribution in [2.75, 3.05) is 6.54 Å². The van der Waals surface area contributed by atoms with Crippen LogP contribution in [0.3, 0.4) is 0 Å². The van der Waals surface area contributed by atoms with Crippen LogP contribution in [0.1, 0.15) is 22.3 Å². The van der Waals surface area contributed by atoms with E-state index in [1.54, 1.807) is 18.0 Å². The predicted octanol–water partition coefficient (Wildman–Crippen LogP) is 6.13. The second-order valence-electron chi connectivity index (χ2n) is 8.62. The first-order valence-corrected chi connectivity index (χ1v) is 13.3. The maximum absolute atomic E-state index is 12.4. The molecule has 0 saturated carbocycles. The zero-order valence-corrected chi connectivity index (χ0v) is 22.3. The number of carbonyl (C=O) groups is 2. The highest BCUT2D eigenvalue weighted by Crippen LogP contribution is 2.48. The van der Waals surface area contributed by atoms with Gasteiger partial charge in [0.15, 0.2) is 0 Å². The summed E-state index contributed by atoms with van der Waals surface area (Å²) in [4.78, 5) is 34.6. The monoisotopic (exact) mass is 553 g/mol. The summed E-state index contributed by atoms with van der Waals surface area (Å²) in [6.45, 7) is -0.363. The molecule has 0 bridgehead atoms. The van der Waals surface area contributed by atoms with E-state index < -0.39 is 21.7 Å². The molecule has 8 nitrogen and oxygen atoms in total. The van der Waals surface area contributed by atoms with Gasteiger partial charge in [0, 0.05) is 18.3 Å². The maximum Gasteiger partial charge on any atom is 0.407 e. The molecule has 2 amide bonds. The van der Waals surface area contributed by atoms with Crippen LogP contribution < -0.4 is 10.6 Å². The molecule has 9 heteroatoms. The van der Waals surface area contributed by atoms with E-state index in [1.165, 1.54) is 24.3 Å². The highest BCUT2D eigenvalue weighted by molar-refractivity contribution is 8.03. The number of nitro groups is 1. The molecule has 2 N–H and O–H groups in total. The number of rotatable bonds is 11. The third-order valence-electron chi connectivity index (χ3n) is 6.01. The van der Waals surface area contributed by atoms with Crippen molar-refractivity contribution in [1.82, 2.24) is 10.6 Å². The van der Waals surface area contributed by atoms with Crippen molar-refractivity contribution in [2.45, 2.75) is 11.4 Å². The Kier molecular flexibility index (Phi) is 9.68. The third-order valence-corrected chi connectivity index (χ3v) is 7.34. The Hall–Kier alpha value is -4.89. The average molecular weight is 554 g/mol. The topological polar surface area (TPSA) is 111 Å². The Morgan fingerprint density at radius 1 is 0.800 bits per heavy atom. The molecule has 4 aromatic rings. The molecule has 0 fully saturated rings. The van der Waals surface area contributed by atoms with Gasteiger partial charge in [-0.2, -0.15) is 0 Å². The molecule has 0 atom stereocenters. The van der Waals surface area contributed by atoms with Crippen LogP contribution in [0.5, 0.6) is 0 Å². The number of non-ortho nitro benzene ring substituents is 1. The quantitative estimate of drug-likeness (QED) is 0.131. The van der Waals surface area contributed by atoms with Gasteiger partial charge in [0.05, 0.1) is 9.67 Å². The van der Waals surface area contributed by atoms with Crippen LogP contribution in [-0.2, 0) is 20.9 Å². The van der Waals surface area contributed by atoms with E-state index in [2.05, 4.69) is 47.0 Å². The van der Waals surface area contributed by atoms with E-state index in [1.807, 2.05) is 60.0 Å². The van der Waals surface area contributed by atoms with Gasteiger partial charge in [-0.1, -0.05) is 91.0 Å². The number of hydrogen-bond donors (Lipinski definition) is 2. The second-order valence-corrected chi connectivity index (χ2v) is 9.74. The number of ether oxygens (including phenoxy) is 1. The van der Waals surface area contributed by atoms with Crippen LogP contribution in [-0.4, -0.2) is 23.5 Å². The molecule has 0 heterocycles. The van der Waals surface area contributed by atoms with Gasteiger partial charge >= 0.3 is 6.09 Å². The minimum atomic E-state index is -0.775. The predicted molar refractivity (Wildman–Crippen MR) is 155 cm³/mol. The molecule has 0 spiro atoms. The molecule has 0 aromatic heterocycles. The summed E-state index contributed by atoms with van der Waals surface area (Å²) >= 11 is 1.55. The summed E-state index contributed by atoms with van der Waals surface area (Å²) in [5, 5.41) is 17.6. The van der Waals surface area contributed by atoms with E-state index in [0.29, 0.717) is 5.56 Å². The number of hydrogen-bond acceptors (Lipinski definition) is 6. The fourth-order valence-corrected chi connectivity index (χ4v) is 5.26. The molecule has 0 radical (unpaired) electrons. The largest absolute Gasteiger partial charge is 0.445 e. The summed E-state index contributed by atoms with van der Waals surface area (Å²) < 4.78 is 4.51. The Balaban J connectivity index is 1.37. The van der Waals surface area contributed by atoms with Crippen molar-refractivity contribution in [2.24, 2.45) is 0 Å². The summed E-state index contributed by atoms with van der Waals surface area (Å²) in [7, 11) is 0. The van der Waals surface area contributed by atoms with Crippen molar-refractivity contribution >= 4 is 29.4 Å². The van der Waals surface area contributed by atoms with Crippen LogP contribution in [0.15, 0.2) is 127 Å². The number of nitrogens with zero attached hydrogens (tertiary/aromatic N) is 1. The fraction of sp³-hybridized carbons (Fsp3) is 0.0968. The van der Waals surface area contributed by atoms with Gasteiger partial charge in [-0.3, -0.25) is 14.9 Å². The first kappa shape index (κ1) is 28.1. The van der Waals surface area contributed by atoms with Crippen molar-refractivity contribution in [1.29, 1.82) is 0 Å². The lowest BCUT2D eigenvalue weighted by Gasteiger charge is -2.34. The third kappa shape index (κ3) is 7.15. The minimum absolute atomic E-state index is 0.0513. The molecule has 0 saturated heterocycles. The first-order valence-electron chi connectivity index (χ1n) is 12.4. The molecule has 40 heavy (non-hydrogen) atoms. The van der Waals surface area contributed by atoms with Crippen molar-refractivity contribution in [3.63, 3.8) is 0 Å². The first-order chi connectivity index (χ1) is 19.5. The minimum Gasteiger partial charge on any atom is -0.445 e. The number of amides is 2. The van der Waals surface area contributed by atoms with Gasteiger partial charge < -0.3 is 15.4 Å². The molecule has 4 rings (SSSR count). The van der Waals surface area contributed by atoms with Gasteiger partial charge in [-0.05, 0) is 39.8 Å². The van der Waals surface area contributed by atoms with Crippen molar-refractivity contribution in [3.05, 3.63) is 159 Å². The van der Waals surface area contributed by atoms with Gasteiger partial charge in [0.2, 0.25) is 5.91 Å². The second kappa shape index (κ2) is 13.8. The lowest BCUT2D eigenvalue weighted by atomic mass is 9.84. The maximum atomic E-state index is 12.4. The Morgan fingerprint density at radius 3 is 1.77 bits per heavy atom. The van der Waals surface area contributed by atoms with Crippen LogP contribution in [0, 0.1) is 10.1 Å². The van der Waals surface area contributed by atoms with Gasteiger partial charge in [-0.15, -0.1) is 11.8 Å². The normalized spacial score (nSPS) is 11.1. The van der Waals surface area contributed by atoms with E-state index in [9.17, 15) is 19.7 Å². The molecular formula is C31H27N3O5S. The van der Waals surface area contributed by atoms with Crippen LogP contribution in [0.2, 0.25) is 0 Å². The average Bonchev–Trinajstić information content (AvgIpc) is 3.00. The smallest absolute Gasteiger partial charge is 0.407 e. The van der Waals surface area contributed by atoms with Crippen LogP contribution in [0.4, 0.5) is 10.5 Å². The Bertz CT molecular complexity index is 1350. The summed E-state index contributed by atoms with van der Waals surface area (Å²) in [5.74, 6) is -0.422. The highest BCUT2D eigenvalue weighted by Gasteiger charge is 2.36. The Labute approximate surface area is 236 Å². The van der Waals surface area contributed by atoms with Gasteiger partial charge in [0.1, 0.15) is 13.2 Å². The molecule has 0 aliphatic rings. The van der Waals surface area contributed by atoms with Crippen LogP contribution >= 0.6 is 11.8 Å². The van der Waals surface area contributed by atoms with Crippen molar-refractivity contribution in [3.8, 4) is 0 Å². The highest BCUT2D eigenvalue weighted by atomic mass is 32.2. The molecular weight excluding hydrogens is 526 g/mol. The zero-order valence-electron chi connectivity index (χ0n) is 21.4. The molecule has 4 aromatic carbocycles. The molecule has 0 aliphatic carbocycles. The molecule has 0 aliphatic heterocycles. The molecule has 0 unspecified atom stereocenters. The number of benzene rings is 4. The zero-order chi connectivity index (χ0) is 28.2. The van der Waals surface area contributed by atoms with Crippen molar-refractivity contribution < 1.29 is 19.2 Å². The lowest BCUT2D eigenvalue weighted by Crippen LogP contribution is -2.35. The Morgan fingerprint density at radius 2 is 1.30 bits per heavy atom. The fourth-order valence-electron chi connectivity index (χ4n) is 4.10. The van der Waals surface area contributed by atoms with Gasteiger partial charge in [0.25, 0.3) is 5.69 Å². The van der Waals surface area contributed by atoms with Gasteiger partial charge in [-0.25, -0.2) is 4.79 Å².